The Bertz CT molecular complexity index is 1170. The van der Waals surface area contributed by atoms with Gasteiger partial charge in [-0.2, -0.15) is 0 Å². The Balaban J connectivity index is 1.41. The van der Waals surface area contributed by atoms with Crippen molar-refractivity contribution in [1.82, 2.24) is 4.98 Å². The predicted molar refractivity (Wildman–Crippen MR) is 115 cm³/mol. The Morgan fingerprint density at radius 1 is 1.20 bits per heavy atom. The van der Waals surface area contributed by atoms with Crippen LogP contribution in [0.5, 0.6) is 0 Å². The van der Waals surface area contributed by atoms with Gasteiger partial charge in [0.05, 0.1) is 13.2 Å². The van der Waals surface area contributed by atoms with Crippen LogP contribution in [0.2, 0.25) is 5.02 Å². The number of ether oxygens (including phenoxy) is 1. The Morgan fingerprint density at radius 3 is 2.87 bits per heavy atom. The second kappa shape index (κ2) is 7.15. The molecule has 7 heteroatoms. The maximum atomic E-state index is 13.4. The number of nitrogens with zero attached hydrogens (tertiary/aromatic N) is 1. The summed E-state index contributed by atoms with van der Waals surface area (Å²) in [6.07, 6.45) is 3.25. The van der Waals surface area contributed by atoms with Crippen LogP contribution in [0.4, 0.5) is 5.69 Å². The molecule has 2 aromatic carbocycles. The van der Waals surface area contributed by atoms with Crippen molar-refractivity contribution < 1.29 is 14.3 Å². The highest BCUT2D eigenvalue weighted by molar-refractivity contribution is 6.31. The number of primary amides is 1. The number of aromatic amines is 1. The van der Waals surface area contributed by atoms with E-state index in [4.69, 9.17) is 22.1 Å². The summed E-state index contributed by atoms with van der Waals surface area (Å²) in [6.45, 7) is 1.62. The molecule has 2 amide bonds. The predicted octanol–water partition coefficient (Wildman–Crippen LogP) is 3.69. The molecule has 2 aliphatic rings. The molecular formula is C23H22ClN3O3. The highest BCUT2D eigenvalue weighted by atomic mass is 35.5. The Morgan fingerprint density at radius 2 is 2.03 bits per heavy atom. The van der Waals surface area contributed by atoms with Gasteiger partial charge in [-0.25, -0.2) is 0 Å². The summed E-state index contributed by atoms with van der Waals surface area (Å²) < 4.78 is 5.47. The number of halogens is 1. The normalized spacial score (nSPS) is 20.8. The van der Waals surface area contributed by atoms with Crippen LogP contribution in [0.1, 0.15) is 29.5 Å². The second-order valence-corrected chi connectivity index (χ2v) is 8.54. The van der Waals surface area contributed by atoms with E-state index in [1.54, 1.807) is 4.90 Å². The summed E-state index contributed by atoms with van der Waals surface area (Å²) in [5.41, 5.74) is 9.63. The van der Waals surface area contributed by atoms with E-state index in [1.165, 1.54) is 0 Å². The van der Waals surface area contributed by atoms with Gasteiger partial charge >= 0.3 is 0 Å². The molecule has 1 fully saturated rings. The maximum Gasteiger partial charge on any atom is 0.242 e. The van der Waals surface area contributed by atoms with Crippen LogP contribution in [0.25, 0.3) is 10.9 Å². The number of aromatic nitrogens is 1. The molecule has 0 aliphatic carbocycles. The molecule has 5 rings (SSSR count). The topological polar surface area (TPSA) is 88.4 Å². The van der Waals surface area contributed by atoms with Crippen molar-refractivity contribution in [3.05, 3.63) is 64.3 Å². The van der Waals surface area contributed by atoms with Crippen molar-refractivity contribution in [2.24, 2.45) is 11.1 Å². The molecule has 0 saturated carbocycles. The molecule has 3 aromatic rings. The molecule has 6 nitrogen and oxygen atoms in total. The van der Waals surface area contributed by atoms with Crippen LogP contribution in [-0.2, 0) is 34.0 Å². The number of carbonyl (C=O) groups is 2. The molecule has 3 N–H and O–H groups in total. The smallest absolute Gasteiger partial charge is 0.242 e. The third kappa shape index (κ3) is 2.99. The number of amides is 2. The summed E-state index contributed by atoms with van der Waals surface area (Å²) in [5.74, 6) is -0.774. The van der Waals surface area contributed by atoms with Gasteiger partial charge in [0.2, 0.25) is 11.8 Å². The Kier molecular flexibility index (Phi) is 4.56. The number of hydrogen-bond donors (Lipinski definition) is 2. The minimum Gasteiger partial charge on any atom is -0.372 e. The summed E-state index contributed by atoms with van der Waals surface area (Å²) in [5, 5.41) is 1.65. The molecule has 30 heavy (non-hydrogen) atoms. The molecule has 2 aliphatic heterocycles. The fourth-order valence-corrected chi connectivity index (χ4v) is 4.80. The molecule has 1 saturated heterocycles. The maximum absolute atomic E-state index is 13.4. The summed E-state index contributed by atoms with van der Waals surface area (Å²) in [6, 6.07) is 11.5. The average molecular weight is 424 g/mol. The molecule has 1 unspecified atom stereocenters. The van der Waals surface area contributed by atoms with Crippen LogP contribution in [0, 0.1) is 5.41 Å². The van der Waals surface area contributed by atoms with Crippen LogP contribution in [0.3, 0.4) is 0 Å². The third-order valence-corrected chi connectivity index (χ3v) is 6.69. The number of nitrogens with two attached hydrogens (primary N) is 1. The van der Waals surface area contributed by atoms with E-state index < -0.39 is 11.3 Å². The lowest BCUT2D eigenvalue weighted by Gasteiger charge is -2.25. The van der Waals surface area contributed by atoms with Crippen molar-refractivity contribution in [3.8, 4) is 0 Å². The molecule has 0 bridgehead atoms. The molecular weight excluding hydrogens is 402 g/mol. The number of rotatable bonds is 5. The number of H-pyrrole nitrogens is 1. The van der Waals surface area contributed by atoms with Gasteiger partial charge in [-0.1, -0.05) is 17.7 Å². The standard InChI is InChI=1S/C23H22ClN3O3/c24-17-2-4-20-19(10-17)14(11-26-20)5-6-23(21(25)28)7-8-27(22(23)29)18-3-1-15-12-30-13-16(15)9-18/h1-4,9-11,26H,5-8,12-13H2,(H2,25,28). The Labute approximate surface area is 178 Å². The molecule has 1 atom stereocenters. The first-order chi connectivity index (χ1) is 14.5. The summed E-state index contributed by atoms with van der Waals surface area (Å²) in [4.78, 5) is 30.8. The minimum atomic E-state index is -1.20. The van der Waals surface area contributed by atoms with Gasteiger partial charge in [-0.05, 0) is 66.3 Å². The van der Waals surface area contributed by atoms with Crippen molar-refractivity contribution >= 4 is 40.0 Å². The first-order valence-electron chi connectivity index (χ1n) is 10.0. The fourth-order valence-electron chi connectivity index (χ4n) is 4.63. The van der Waals surface area contributed by atoms with E-state index in [2.05, 4.69) is 4.98 Å². The van der Waals surface area contributed by atoms with Gasteiger partial charge in [0.25, 0.3) is 0 Å². The zero-order chi connectivity index (χ0) is 20.9. The number of nitrogens with one attached hydrogen (secondary N) is 1. The van der Waals surface area contributed by atoms with E-state index in [9.17, 15) is 9.59 Å². The minimum absolute atomic E-state index is 0.216. The quantitative estimate of drug-likeness (QED) is 0.613. The van der Waals surface area contributed by atoms with Crippen molar-refractivity contribution in [2.75, 3.05) is 11.4 Å². The van der Waals surface area contributed by atoms with Gasteiger partial charge in [0.15, 0.2) is 0 Å². The van der Waals surface area contributed by atoms with E-state index in [0.29, 0.717) is 44.0 Å². The molecule has 0 radical (unpaired) electrons. The van der Waals surface area contributed by atoms with Crippen LogP contribution in [0.15, 0.2) is 42.6 Å². The zero-order valence-corrected chi connectivity index (χ0v) is 17.2. The van der Waals surface area contributed by atoms with E-state index in [1.807, 2.05) is 42.6 Å². The first-order valence-corrected chi connectivity index (χ1v) is 10.4. The van der Waals surface area contributed by atoms with Crippen molar-refractivity contribution in [1.29, 1.82) is 0 Å². The van der Waals surface area contributed by atoms with Crippen molar-refractivity contribution in [2.45, 2.75) is 32.5 Å². The molecule has 0 spiro atoms. The monoisotopic (exact) mass is 423 g/mol. The van der Waals surface area contributed by atoms with Gasteiger partial charge < -0.3 is 20.4 Å². The molecule has 1 aromatic heterocycles. The lowest BCUT2D eigenvalue weighted by molar-refractivity contribution is -0.138. The zero-order valence-electron chi connectivity index (χ0n) is 16.4. The number of carbonyl (C=O) groups excluding carboxylic acids is 2. The van der Waals surface area contributed by atoms with E-state index >= 15 is 0 Å². The largest absolute Gasteiger partial charge is 0.372 e. The highest BCUT2D eigenvalue weighted by Crippen LogP contribution is 2.40. The SMILES string of the molecule is NC(=O)C1(CCc2c[nH]c3ccc(Cl)cc23)CCN(c2ccc3c(c2)COC3)C1=O. The first kappa shape index (κ1) is 19.2. The molecule has 154 valence electrons. The highest BCUT2D eigenvalue weighted by Gasteiger charge is 2.51. The van der Waals surface area contributed by atoms with Crippen LogP contribution < -0.4 is 10.6 Å². The number of fused-ring (bicyclic) bond motifs is 2. The van der Waals surface area contributed by atoms with Gasteiger partial charge in [0, 0.05) is 34.4 Å². The van der Waals surface area contributed by atoms with E-state index in [0.717, 1.165) is 33.3 Å². The van der Waals surface area contributed by atoms with Gasteiger partial charge in [0.1, 0.15) is 5.41 Å². The summed E-state index contributed by atoms with van der Waals surface area (Å²) in [7, 11) is 0. The van der Waals surface area contributed by atoms with Crippen molar-refractivity contribution in [3.63, 3.8) is 0 Å². The number of hydrogen-bond acceptors (Lipinski definition) is 3. The van der Waals surface area contributed by atoms with Crippen LogP contribution >= 0.6 is 11.6 Å². The number of aryl methyl sites for hydroxylation is 1. The fraction of sp³-hybridized carbons (Fsp3) is 0.304. The Hall–Kier alpha value is -2.83. The lowest BCUT2D eigenvalue weighted by atomic mass is 9.79. The third-order valence-electron chi connectivity index (χ3n) is 6.46. The summed E-state index contributed by atoms with van der Waals surface area (Å²) >= 11 is 6.15. The van der Waals surface area contributed by atoms with Crippen LogP contribution in [-0.4, -0.2) is 23.3 Å². The average Bonchev–Trinajstić information content (AvgIpc) is 3.43. The van der Waals surface area contributed by atoms with E-state index in [-0.39, 0.29) is 5.91 Å². The number of anilines is 1. The van der Waals surface area contributed by atoms with Gasteiger partial charge in [-0.15, -0.1) is 0 Å². The number of benzene rings is 2. The second-order valence-electron chi connectivity index (χ2n) is 8.10. The molecule has 3 heterocycles. The van der Waals surface area contributed by atoms with Gasteiger partial charge in [-0.3, -0.25) is 9.59 Å². The lowest BCUT2D eigenvalue weighted by Crippen LogP contribution is -2.44.